The Balaban J connectivity index is 3.83. The maximum atomic E-state index is 5.72. The maximum Gasteiger partial charge on any atom is 0.0700 e. The second-order valence-electron chi connectivity index (χ2n) is 4.71. The van der Waals surface area contributed by atoms with Gasteiger partial charge in [-0.15, -0.1) is 0 Å². The van der Waals surface area contributed by atoms with Crippen molar-refractivity contribution in [1.29, 1.82) is 0 Å². The molecule has 0 radical (unpaired) electrons. The number of hydrogen-bond donors (Lipinski definition) is 0. The summed E-state index contributed by atoms with van der Waals surface area (Å²) in [6, 6.07) is 0. The second-order valence-corrected chi connectivity index (χ2v) is 4.71. The van der Waals surface area contributed by atoms with Crippen molar-refractivity contribution < 1.29 is 18.9 Å². The summed E-state index contributed by atoms with van der Waals surface area (Å²) in [7, 11) is 0. The van der Waals surface area contributed by atoms with E-state index in [0.717, 1.165) is 39.3 Å². The van der Waals surface area contributed by atoms with E-state index in [4.69, 9.17) is 18.9 Å². The summed E-state index contributed by atoms with van der Waals surface area (Å²) in [4.78, 5) is 0. The minimum Gasteiger partial charge on any atom is -0.379 e. The number of hydrogen-bond acceptors (Lipinski definition) is 4. The van der Waals surface area contributed by atoms with Gasteiger partial charge in [-0.1, -0.05) is 13.8 Å². The Morgan fingerprint density at radius 3 is 1.26 bits per heavy atom. The summed E-state index contributed by atoms with van der Waals surface area (Å²) in [6.07, 6.45) is 2.12. The van der Waals surface area contributed by atoms with Gasteiger partial charge in [-0.05, 0) is 26.7 Å². The molecule has 4 heteroatoms. The summed E-state index contributed by atoms with van der Waals surface area (Å²) in [5, 5.41) is 0. The first-order chi connectivity index (χ1) is 9.24. The molecule has 0 N–H and O–H groups in total. The van der Waals surface area contributed by atoms with Gasteiger partial charge < -0.3 is 18.9 Å². The summed E-state index contributed by atoms with van der Waals surface area (Å²) in [5.74, 6) is 0. The van der Waals surface area contributed by atoms with Crippen LogP contribution in [-0.2, 0) is 18.9 Å². The zero-order valence-corrected chi connectivity index (χ0v) is 13.2. The lowest BCUT2D eigenvalue weighted by molar-refractivity contribution is -0.0492. The monoisotopic (exact) mass is 276 g/mol. The van der Waals surface area contributed by atoms with E-state index < -0.39 is 0 Å². The fourth-order valence-corrected chi connectivity index (χ4v) is 1.80. The molecule has 19 heavy (non-hydrogen) atoms. The molecule has 116 valence electrons. The average Bonchev–Trinajstić information content (AvgIpc) is 2.45. The third-order valence-electron chi connectivity index (χ3n) is 3.47. The Labute approximate surface area is 118 Å². The predicted octanol–water partition coefficient (Wildman–Crippen LogP) is 2.90. The van der Waals surface area contributed by atoms with Crippen LogP contribution in [0.2, 0.25) is 0 Å². The van der Waals surface area contributed by atoms with Gasteiger partial charge >= 0.3 is 0 Å². The van der Waals surface area contributed by atoms with Gasteiger partial charge in [-0.25, -0.2) is 0 Å². The first-order valence-electron chi connectivity index (χ1n) is 7.55. The first kappa shape index (κ1) is 18.8. The lowest BCUT2D eigenvalue weighted by atomic mass is 9.84. The third-order valence-corrected chi connectivity index (χ3v) is 3.47. The summed E-state index contributed by atoms with van der Waals surface area (Å²) < 4.78 is 22.0. The molecule has 0 rings (SSSR count). The van der Waals surface area contributed by atoms with E-state index in [-0.39, 0.29) is 5.41 Å². The molecular weight excluding hydrogens is 244 g/mol. The van der Waals surface area contributed by atoms with E-state index in [1.54, 1.807) is 0 Å². The molecule has 0 spiro atoms. The van der Waals surface area contributed by atoms with Crippen LogP contribution in [0.25, 0.3) is 0 Å². The Morgan fingerprint density at radius 1 is 0.579 bits per heavy atom. The molecule has 4 nitrogen and oxygen atoms in total. The molecule has 0 fully saturated rings. The van der Waals surface area contributed by atoms with Crippen molar-refractivity contribution in [2.75, 3.05) is 52.9 Å². The minimum absolute atomic E-state index is 0.123. The normalized spacial score (nSPS) is 12.0. The highest BCUT2D eigenvalue weighted by Crippen LogP contribution is 2.27. The molecule has 0 unspecified atom stereocenters. The van der Waals surface area contributed by atoms with Crippen molar-refractivity contribution in [1.82, 2.24) is 0 Å². The van der Waals surface area contributed by atoms with Crippen LogP contribution >= 0.6 is 0 Å². The SMILES string of the molecule is CCOCCOCC(CC)(CC)COCCOCC. The third kappa shape index (κ3) is 9.38. The maximum absolute atomic E-state index is 5.72. The fourth-order valence-electron chi connectivity index (χ4n) is 1.80. The van der Waals surface area contributed by atoms with Crippen LogP contribution in [0, 0.1) is 5.41 Å². The molecule has 0 saturated carbocycles. The van der Waals surface area contributed by atoms with Crippen LogP contribution in [-0.4, -0.2) is 52.9 Å². The van der Waals surface area contributed by atoms with Crippen molar-refractivity contribution in [3.05, 3.63) is 0 Å². The van der Waals surface area contributed by atoms with E-state index in [2.05, 4.69) is 13.8 Å². The Morgan fingerprint density at radius 2 is 0.947 bits per heavy atom. The molecule has 0 aromatic carbocycles. The Kier molecular flexibility index (Phi) is 12.7. The van der Waals surface area contributed by atoms with Gasteiger partial charge in [0.1, 0.15) is 0 Å². The van der Waals surface area contributed by atoms with Crippen LogP contribution in [0.4, 0.5) is 0 Å². The zero-order chi connectivity index (χ0) is 14.4. The van der Waals surface area contributed by atoms with Crippen LogP contribution in [0.3, 0.4) is 0 Å². The predicted molar refractivity (Wildman–Crippen MR) is 77.6 cm³/mol. The molecule has 0 bridgehead atoms. The zero-order valence-electron chi connectivity index (χ0n) is 13.2. The van der Waals surface area contributed by atoms with Crippen molar-refractivity contribution in [2.24, 2.45) is 5.41 Å². The van der Waals surface area contributed by atoms with E-state index in [9.17, 15) is 0 Å². The van der Waals surface area contributed by atoms with Gasteiger partial charge in [-0.3, -0.25) is 0 Å². The smallest absolute Gasteiger partial charge is 0.0700 e. The highest BCUT2D eigenvalue weighted by molar-refractivity contribution is 4.76. The summed E-state index contributed by atoms with van der Waals surface area (Å²) in [6.45, 7) is 14.0. The largest absolute Gasteiger partial charge is 0.379 e. The molecule has 0 saturated heterocycles. The molecule has 0 heterocycles. The molecule has 0 aliphatic carbocycles. The van der Waals surface area contributed by atoms with Gasteiger partial charge in [0.25, 0.3) is 0 Å². The lowest BCUT2D eigenvalue weighted by Gasteiger charge is -2.31. The van der Waals surface area contributed by atoms with Crippen molar-refractivity contribution in [3.63, 3.8) is 0 Å². The Bertz CT molecular complexity index is 165. The molecule has 0 aliphatic heterocycles. The second kappa shape index (κ2) is 12.9. The van der Waals surface area contributed by atoms with E-state index in [0.29, 0.717) is 26.4 Å². The molecule has 0 atom stereocenters. The quantitative estimate of drug-likeness (QED) is 0.457. The lowest BCUT2D eigenvalue weighted by Crippen LogP contribution is -2.32. The summed E-state index contributed by atoms with van der Waals surface area (Å²) in [5.41, 5.74) is 0.123. The molecule has 0 aliphatic rings. The first-order valence-corrected chi connectivity index (χ1v) is 7.55. The summed E-state index contributed by atoms with van der Waals surface area (Å²) >= 11 is 0. The van der Waals surface area contributed by atoms with Crippen LogP contribution in [0.5, 0.6) is 0 Å². The standard InChI is InChI=1S/C15H32O4/c1-5-15(6-2,13-18-11-9-16-7-3)14-19-12-10-17-8-4/h5-14H2,1-4H3. The van der Waals surface area contributed by atoms with Crippen LogP contribution in [0.1, 0.15) is 40.5 Å². The molecule has 0 aromatic heterocycles. The van der Waals surface area contributed by atoms with Gasteiger partial charge in [0.2, 0.25) is 0 Å². The van der Waals surface area contributed by atoms with Crippen molar-refractivity contribution in [3.8, 4) is 0 Å². The number of rotatable bonds is 14. The number of ether oxygens (including phenoxy) is 4. The van der Waals surface area contributed by atoms with E-state index >= 15 is 0 Å². The van der Waals surface area contributed by atoms with E-state index in [1.165, 1.54) is 0 Å². The average molecular weight is 276 g/mol. The topological polar surface area (TPSA) is 36.9 Å². The molecule has 0 amide bonds. The van der Waals surface area contributed by atoms with Crippen LogP contribution in [0.15, 0.2) is 0 Å². The highest BCUT2D eigenvalue weighted by Gasteiger charge is 2.26. The van der Waals surface area contributed by atoms with Gasteiger partial charge in [0, 0.05) is 18.6 Å². The molecular formula is C15H32O4. The van der Waals surface area contributed by atoms with Crippen LogP contribution < -0.4 is 0 Å². The minimum atomic E-state index is 0.123. The Hall–Kier alpha value is -0.160. The fraction of sp³-hybridized carbons (Fsp3) is 1.00. The van der Waals surface area contributed by atoms with Gasteiger partial charge in [-0.2, -0.15) is 0 Å². The van der Waals surface area contributed by atoms with Gasteiger partial charge in [0.05, 0.1) is 39.6 Å². The highest BCUT2D eigenvalue weighted by atomic mass is 16.5. The van der Waals surface area contributed by atoms with Crippen molar-refractivity contribution >= 4 is 0 Å². The molecule has 0 aromatic rings. The van der Waals surface area contributed by atoms with Crippen molar-refractivity contribution in [2.45, 2.75) is 40.5 Å². The van der Waals surface area contributed by atoms with E-state index in [1.807, 2.05) is 13.8 Å². The van der Waals surface area contributed by atoms with Gasteiger partial charge in [0.15, 0.2) is 0 Å².